The van der Waals surface area contributed by atoms with Crippen molar-refractivity contribution in [2.45, 2.75) is 25.4 Å². The van der Waals surface area contributed by atoms with Crippen molar-refractivity contribution in [1.82, 2.24) is 4.57 Å². The van der Waals surface area contributed by atoms with Gasteiger partial charge in [-0.05, 0) is 48.1 Å². The topological polar surface area (TPSA) is 40.2 Å². The molecule has 2 aromatic rings. The van der Waals surface area contributed by atoms with Crippen molar-refractivity contribution in [1.29, 1.82) is 0 Å². The third kappa shape index (κ3) is 2.82. The van der Waals surface area contributed by atoms with Crippen molar-refractivity contribution in [2.75, 3.05) is 7.11 Å². The Balaban J connectivity index is 1.72. The van der Waals surface area contributed by atoms with Gasteiger partial charge in [0.25, 0.3) is 0 Å². The Kier molecular flexibility index (Phi) is 3.30. The first-order valence-electron chi connectivity index (χ1n) is 6.80. The quantitative estimate of drug-likeness (QED) is 0.893. The van der Waals surface area contributed by atoms with E-state index in [2.05, 4.69) is 35.2 Å². The van der Waals surface area contributed by atoms with E-state index in [1.54, 1.807) is 7.11 Å². The number of ether oxygens (including phenoxy) is 1. The van der Waals surface area contributed by atoms with E-state index in [0.29, 0.717) is 5.92 Å². The van der Waals surface area contributed by atoms with Crippen LogP contribution in [0.15, 0.2) is 42.7 Å². The van der Waals surface area contributed by atoms with E-state index in [1.165, 1.54) is 24.0 Å². The molecular weight excluding hydrogens is 236 g/mol. The summed E-state index contributed by atoms with van der Waals surface area (Å²) in [4.78, 5) is 0. The molecule has 3 nitrogen and oxygen atoms in total. The van der Waals surface area contributed by atoms with Gasteiger partial charge < -0.3 is 15.0 Å². The summed E-state index contributed by atoms with van der Waals surface area (Å²) >= 11 is 0. The second-order valence-electron chi connectivity index (χ2n) is 5.33. The lowest BCUT2D eigenvalue weighted by Gasteiger charge is -2.08. The van der Waals surface area contributed by atoms with Crippen LogP contribution < -0.4 is 10.5 Å². The van der Waals surface area contributed by atoms with Crippen molar-refractivity contribution in [3.8, 4) is 5.75 Å². The second-order valence-corrected chi connectivity index (χ2v) is 5.33. The Morgan fingerprint density at radius 1 is 1.37 bits per heavy atom. The third-order valence-corrected chi connectivity index (χ3v) is 3.79. The predicted octanol–water partition coefficient (Wildman–Crippen LogP) is 2.95. The molecule has 0 radical (unpaired) electrons. The van der Waals surface area contributed by atoms with Gasteiger partial charge in [0.05, 0.1) is 7.11 Å². The Morgan fingerprint density at radius 3 is 2.95 bits per heavy atom. The SMILES string of the molecule is COc1cccc(Cn2ccc(C(N)C3CC3)c2)c1. The summed E-state index contributed by atoms with van der Waals surface area (Å²) in [5.41, 5.74) is 8.71. The second kappa shape index (κ2) is 5.10. The van der Waals surface area contributed by atoms with Crippen molar-refractivity contribution in [3.63, 3.8) is 0 Å². The highest BCUT2D eigenvalue weighted by Crippen LogP contribution is 2.39. The molecule has 0 aliphatic heterocycles. The van der Waals surface area contributed by atoms with Crippen LogP contribution in [-0.4, -0.2) is 11.7 Å². The minimum Gasteiger partial charge on any atom is -0.497 e. The zero-order chi connectivity index (χ0) is 13.2. The summed E-state index contributed by atoms with van der Waals surface area (Å²) in [6, 6.07) is 10.5. The first-order chi connectivity index (χ1) is 9.26. The molecule has 0 amide bonds. The molecule has 3 heteroatoms. The fourth-order valence-electron chi connectivity index (χ4n) is 2.46. The molecule has 1 aliphatic carbocycles. The molecule has 1 aliphatic rings. The van der Waals surface area contributed by atoms with Gasteiger partial charge in [0.15, 0.2) is 0 Å². The highest BCUT2D eigenvalue weighted by molar-refractivity contribution is 5.29. The van der Waals surface area contributed by atoms with Gasteiger partial charge in [-0.25, -0.2) is 0 Å². The number of benzene rings is 1. The van der Waals surface area contributed by atoms with E-state index in [4.69, 9.17) is 10.5 Å². The third-order valence-electron chi connectivity index (χ3n) is 3.79. The molecule has 19 heavy (non-hydrogen) atoms. The van der Waals surface area contributed by atoms with Gasteiger partial charge in [0.2, 0.25) is 0 Å². The fraction of sp³-hybridized carbons (Fsp3) is 0.375. The minimum absolute atomic E-state index is 0.214. The Bertz CT molecular complexity index is 557. The number of nitrogens with zero attached hydrogens (tertiary/aromatic N) is 1. The molecule has 3 rings (SSSR count). The maximum Gasteiger partial charge on any atom is 0.119 e. The van der Waals surface area contributed by atoms with E-state index in [0.717, 1.165) is 12.3 Å². The van der Waals surface area contributed by atoms with Crippen LogP contribution in [0.3, 0.4) is 0 Å². The molecule has 1 saturated carbocycles. The van der Waals surface area contributed by atoms with Gasteiger partial charge >= 0.3 is 0 Å². The summed E-state index contributed by atoms with van der Waals surface area (Å²) in [6.45, 7) is 0.856. The van der Waals surface area contributed by atoms with Gasteiger partial charge in [-0.3, -0.25) is 0 Å². The summed E-state index contributed by atoms with van der Waals surface area (Å²) < 4.78 is 7.43. The minimum atomic E-state index is 0.214. The number of hydrogen-bond acceptors (Lipinski definition) is 2. The number of rotatable bonds is 5. The average molecular weight is 256 g/mol. The lowest BCUT2D eigenvalue weighted by Crippen LogP contribution is -2.11. The van der Waals surface area contributed by atoms with Gasteiger partial charge in [-0.15, -0.1) is 0 Å². The molecule has 1 aromatic heterocycles. The Labute approximate surface area is 114 Å². The lowest BCUT2D eigenvalue weighted by atomic mass is 10.1. The Morgan fingerprint density at radius 2 is 2.21 bits per heavy atom. The van der Waals surface area contributed by atoms with Crippen LogP contribution in [0.2, 0.25) is 0 Å². The molecule has 1 aromatic carbocycles. The summed E-state index contributed by atoms with van der Waals surface area (Å²) in [5.74, 6) is 1.60. The molecular formula is C16H20N2O. The van der Waals surface area contributed by atoms with Crippen LogP contribution in [0.4, 0.5) is 0 Å². The molecule has 1 unspecified atom stereocenters. The molecule has 1 atom stereocenters. The van der Waals surface area contributed by atoms with Crippen molar-refractivity contribution in [3.05, 3.63) is 53.9 Å². The van der Waals surface area contributed by atoms with Crippen LogP contribution in [0.25, 0.3) is 0 Å². The maximum atomic E-state index is 6.22. The van der Waals surface area contributed by atoms with E-state index in [-0.39, 0.29) is 6.04 Å². The highest BCUT2D eigenvalue weighted by Gasteiger charge is 2.29. The van der Waals surface area contributed by atoms with Gasteiger partial charge in [0.1, 0.15) is 5.75 Å². The van der Waals surface area contributed by atoms with E-state index < -0.39 is 0 Å². The predicted molar refractivity (Wildman–Crippen MR) is 76.2 cm³/mol. The number of methoxy groups -OCH3 is 1. The van der Waals surface area contributed by atoms with Crippen LogP contribution in [0.5, 0.6) is 5.75 Å². The van der Waals surface area contributed by atoms with Gasteiger partial charge in [-0.1, -0.05) is 12.1 Å². The number of nitrogens with two attached hydrogens (primary N) is 1. The fourth-order valence-corrected chi connectivity index (χ4v) is 2.46. The van der Waals surface area contributed by atoms with Crippen LogP contribution in [0, 0.1) is 5.92 Å². The van der Waals surface area contributed by atoms with Crippen molar-refractivity contribution in [2.24, 2.45) is 11.7 Å². The normalized spacial score (nSPS) is 16.3. The average Bonchev–Trinajstić information content (AvgIpc) is 3.19. The maximum absolute atomic E-state index is 6.22. The number of hydrogen-bond donors (Lipinski definition) is 1. The molecule has 100 valence electrons. The standard InChI is InChI=1S/C16H20N2O/c1-19-15-4-2-3-12(9-15)10-18-8-7-14(11-18)16(17)13-5-6-13/h2-4,7-9,11,13,16H,5-6,10,17H2,1H3. The molecule has 1 heterocycles. The highest BCUT2D eigenvalue weighted by atomic mass is 16.5. The Hall–Kier alpha value is -1.74. The first-order valence-corrected chi connectivity index (χ1v) is 6.80. The zero-order valence-corrected chi connectivity index (χ0v) is 11.3. The molecule has 2 N–H and O–H groups in total. The largest absolute Gasteiger partial charge is 0.497 e. The monoisotopic (exact) mass is 256 g/mol. The van der Waals surface area contributed by atoms with Crippen molar-refractivity contribution >= 4 is 0 Å². The summed E-state index contributed by atoms with van der Waals surface area (Å²) in [6.07, 6.45) is 6.84. The van der Waals surface area contributed by atoms with Crippen molar-refractivity contribution < 1.29 is 4.74 Å². The lowest BCUT2D eigenvalue weighted by molar-refractivity contribution is 0.414. The van der Waals surface area contributed by atoms with Crippen LogP contribution in [0.1, 0.15) is 30.0 Å². The number of aromatic nitrogens is 1. The molecule has 0 spiro atoms. The van der Waals surface area contributed by atoms with Gasteiger partial charge in [0, 0.05) is 25.0 Å². The van der Waals surface area contributed by atoms with Crippen LogP contribution in [-0.2, 0) is 6.54 Å². The zero-order valence-electron chi connectivity index (χ0n) is 11.3. The first kappa shape index (κ1) is 12.3. The van der Waals surface area contributed by atoms with Gasteiger partial charge in [-0.2, -0.15) is 0 Å². The van der Waals surface area contributed by atoms with E-state index >= 15 is 0 Å². The molecule has 0 saturated heterocycles. The van der Waals surface area contributed by atoms with E-state index in [1.807, 2.05) is 12.1 Å². The summed E-state index contributed by atoms with van der Waals surface area (Å²) in [7, 11) is 1.70. The van der Waals surface area contributed by atoms with Crippen LogP contribution >= 0.6 is 0 Å². The smallest absolute Gasteiger partial charge is 0.119 e. The van der Waals surface area contributed by atoms with E-state index in [9.17, 15) is 0 Å². The summed E-state index contributed by atoms with van der Waals surface area (Å²) in [5, 5.41) is 0. The molecule has 0 bridgehead atoms. The molecule has 1 fully saturated rings.